The maximum absolute atomic E-state index is 13.1. The molecule has 0 aliphatic carbocycles. The van der Waals surface area contributed by atoms with E-state index in [0.717, 1.165) is 0 Å². The van der Waals surface area contributed by atoms with Crippen LogP contribution in [0.15, 0.2) is 48.5 Å². The van der Waals surface area contributed by atoms with Gasteiger partial charge in [-0.1, -0.05) is 18.1 Å². The number of terminal acetylenes is 1. The van der Waals surface area contributed by atoms with Gasteiger partial charge in [0.2, 0.25) is 5.91 Å². The Morgan fingerprint density at radius 1 is 1.23 bits per heavy atom. The summed E-state index contributed by atoms with van der Waals surface area (Å²) in [6.45, 7) is -2.56. The van der Waals surface area contributed by atoms with E-state index in [4.69, 9.17) is 11.2 Å². The second-order valence-electron chi connectivity index (χ2n) is 6.92. The number of hydrogen-bond acceptors (Lipinski definition) is 4. The lowest BCUT2D eigenvalue weighted by Crippen LogP contribution is -2.46. The van der Waals surface area contributed by atoms with Crippen molar-refractivity contribution in [1.29, 1.82) is 0 Å². The average Bonchev–Trinajstić information content (AvgIpc) is 3.26. The Balaban J connectivity index is 1.76. The Morgan fingerprint density at radius 3 is 2.61 bits per heavy atom. The van der Waals surface area contributed by atoms with Gasteiger partial charge in [-0.25, -0.2) is 0 Å². The minimum atomic E-state index is -3.05. The molecule has 0 spiro atoms. The van der Waals surface area contributed by atoms with Crippen molar-refractivity contribution in [3.63, 3.8) is 0 Å². The molecule has 162 valence electrons. The molecule has 0 N–H and O–H groups in total. The number of likely N-dealkylation sites (tertiary alicyclic amines) is 1. The van der Waals surface area contributed by atoms with Crippen molar-refractivity contribution in [3.05, 3.63) is 54.1 Å². The SMILES string of the molecule is C#CCOc1ccc(N(C)C(=O)C2CCCN2C(=O)c2ccccc2OC(F)F)cc1. The lowest BCUT2D eigenvalue weighted by Gasteiger charge is -2.28. The number of para-hydroxylation sites is 1. The van der Waals surface area contributed by atoms with Gasteiger partial charge in [0.05, 0.1) is 5.56 Å². The van der Waals surface area contributed by atoms with Gasteiger partial charge >= 0.3 is 6.61 Å². The highest BCUT2D eigenvalue weighted by atomic mass is 19.3. The minimum absolute atomic E-state index is 0.000156. The van der Waals surface area contributed by atoms with Gasteiger partial charge < -0.3 is 19.3 Å². The quantitative estimate of drug-likeness (QED) is 0.633. The number of carbonyl (C=O) groups is 2. The van der Waals surface area contributed by atoms with Crippen LogP contribution in [0.25, 0.3) is 0 Å². The van der Waals surface area contributed by atoms with Crippen LogP contribution in [0.2, 0.25) is 0 Å². The summed E-state index contributed by atoms with van der Waals surface area (Å²) in [6.07, 6.45) is 6.29. The second kappa shape index (κ2) is 9.94. The Bertz CT molecular complexity index is 972. The standard InChI is InChI=1S/C23H22F2N2O4/c1-3-15-30-17-12-10-16(11-13-17)26(2)22(29)19-8-6-14-27(19)21(28)18-7-4-5-9-20(18)31-23(24)25/h1,4-5,7,9-13,19,23H,6,8,14-15H2,2H3. The van der Waals surface area contributed by atoms with Crippen LogP contribution < -0.4 is 14.4 Å². The topological polar surface area (TPSA) is 59.1 Å². The molecule has 1 unspecified atom stereocenters. The van der Waals surface area contributed by atoms with E-state index in [1.54, 1.807) is 37.4 Å². The number of likely N-dealkylation sites (N-methyl/N-ethyl adjacent to an activating group) is 1. The number of benzene rings is 2. The van der Waals surface area contributed by atoms with Crippen molar-refractivity contribution >= 4 is 17.5 Å². The predicted molar refractivity (Wildman–Crippen MR) is 111 cm³/mol. The number of hydrogen-bond donors (Lipinski definition) is 0. The first-order chi connectivity index (χ1) is 14.9. The van der Waals surface area contributed by atoms with Crippen LogP contribution in [0.1, 0.15) is 23.2 Å². The molecule has 2 amide bonds. The van der Waals surface area contributed by atoms with Crippen LogP contribution in [-0.2, 0) is 4.79 Å². The molecule has 2 aromatic rings. The molecular weight excluding hydrogens is 406 g/mol. The van der Waals surface area contributed by atoms with Gasteiger partial charge in [-0.05, 0) is 49.2 Å². The van der Waals surface area contributed by atoms with Crippen molar-refractivity contribution < 1.29 is 27.8 Å². The van der Waals surface area contributed by atoms with E-state index in [2.05, 4.69) is 10.7 Å². The highest BCUT2D eigenvalue weighted by Gasteiger charge is 2.37. The molecule has 0 bridgehead atoms. The Labute approximate surface area is 179 Å². The zero-order chi connectivity index (χ0) is 22.4. The summed E-state index contributed by atoms with van der Waals surface area (Å²) in [4.78, 5) is 29.1. The van der Waals surface area contributed by atoms with Gasteiger partial charge in [0.1, 0.15) is 24.1 Å². The molecule has 1 aliphatic rings. The number of alkyl halides is 2. The van der Waals surface area contributed by atoms with Gasteiger partial charge in [0, 0.05) is 19.3 Å². The highest BCUT2D eigenvalue weighted by Crippen LogP contribution is 2.28. The Kier molecular flexibility index (Phi) is 7.08. The smallest absolute Gasteiger partial charge is 0.387 e. The number of ether oxygens (including phenoxy) is 2. The number of carbonyl (C=O) groups excluding carboxylic acids is 2. The van der Waals surface area contributed by atoms with E-state index in [0.29, 0.717) is 30.8 Å². The van der Waals surface area contributed by atoms with Gasteiger partial charge in [-0.3, -0.25) is 9.59 Å². The van der Waals surface area contributed by atoms with Gasteiger partial charge in [0.15, 0.2) is 0 Å². The summed E-state index contributed by atoms with van der Waals surface area (Å²) in [5.41, 5.74) is 0.624. The second-order valence-corrected chi connectivity index (χ2v) is 6.92. The van der Waals surface area contributed by atoms with Crippen molar-refractivity contribution in [2.75, 3.05) is 25.1 Å². The fourth-order valence-electron chi connectivity index (χ4n) is 3.51. The van der Waals surface area contributed by atoms with Crippen LogP contribution in [-0.4, -0.2) is 49.6 Å². The first-order valence-corrected chi connectivity index (χ1v) is 9.71. The molecule has 1 saturated heterocycles. The Morgan fingerprint density at radius 2 is 1.94 bits per heavy atom. The molecule has 6 nitrogen and oxygen atoms in total. The fraction of sp³-hybridized carbons (Fsp3) is 0.304. The maximum atomic E-state index is 13.1. The maximum Gasteiger partial charge on any atom is 0.387 e. The molecule has 1 fully saturated rings. The third kappa shape index (κ3) is 5.12. The molecular formula is C23H22F2N2O4. The van der Waals surface area contributed by atoms with E-state index in [1.807, 2.05) is 0 Å². The first-order valence-electron chi connectivity index (χ1n) is 9.71. The summed E-state index contributed by atoms with van der Waals surface area (Å²) < 4.78 is 35.2. The summed E-state index contributed by atoms with van der Waals surface area (Å²) in [7, 11) is 1.62. The van der Waals surface area contributed by atoms with Gasteiger partial charge in [0.25, 0.3) is 5.91 Å². The summed E-state index contributed by atoms with van der Waals surface area (Å²) in [5, 5.41) is 0. The van der Waals surface area contributed by atoms with E-state index in [1.165, 1.54) is 28.0 Å². The third-order valence-corrected chi connectivity index (χ3v) is 5.01. The normalized spacial score (nSPS) is 15.5. The van der Waals surface area contributed by atoms with E-state index in [9.17, 15) is 18.4 Å². The zero-order valence-electron chi connectivity index (χ0n) is 17.0. The molecule has 3 rings (SSSR count). The molecule has 31 heavy (non-hydrogen) atoms. The number of nitrogens with zero attached hydrogens (tertiary/aromatic N) is 2. The number of halogens is 2. The van der Waals surface area contributed by atoms with Crippen LogP contribution in [0.3, 0.4) is 0 Å². The largest absolute Gasteiger partial charge is 0.481 e. The molecule has 0 radical (unpaired) electrons. The Hall–Kier alpha value is -3.60. The third-order valence-electron chi connectivity index (χ3n) is 5.01. The first kappa shape index (κ1) is 22.1. The fourth-order valence-corrected chi connectivity index (χ4v) is 3.51. The van der Waals surface area contributed by atoms with Crippen molar-refractivity contribution in [3.8, 4) is 23.8 Å². The van der Waals surface area contributed by atoms with Crippen LogP contribution in [0.5, 0.6) is 11.5 Å². The van der Waals surface area contributed by atoms with Crippen LogP contribution in [0, 0.1) is 12.3 Å². The van der Waals surface area contributed by atoms with Crippen LogP contribution >= 0.6 is 0 Å². The molecule has 1 aliphatic heterocycles. The molecule has 8 heteroatoms. The van der Waals surface area contributed by atoms with Crippen molar-refractivity contribution in [1.82, 2.24) is 4.90 Å². The molecule has 1 atom stereocenters. The summed E-state index contributed by atoms with van der Waals surface area (Å²) >= 11 is 0. The average molecular weight is 428 g/mol. The molecule has 1 heterocycles. The predicted octanol–water partition coefficient (Wildman–Crippen LogP) is 3.57. The number of rotatable bonds is 7. The molecule has 0 aromatic heterocycles. The van der Waals surface area contributed by atoms with Crippen molar-refractivity contribution in [2.45, 2.75) is 25.5 Å². The summed E-state index contributed by atoms with van der Waals surface area (Å²) in [6, 6.07) is 11.9. The van der Waals surface area contributed by atoms with Crippen LogP contribution in [0.4, 0.5) is 14.5 Å². The monoisotopic (exact) mass is 428 g/mol. The zero-order valence-corrected chi connectivity index (χ0v) is 17.0. The van der Waals surface area contributed by atoms with E-state index in [-0.39, 0.29) is 23.8 Å². The molecule has 0 saturated carbocycles. The van der Waals surface area contributed by atoms with Crippen molar-refractivity contribution in [2.24, 2.45) is 0 Å². The lowest BCUT2D eigenvalue weighted by atomic mass is 10.1. The summed E-state index contributed by atoms with van der Waals surface area (Å²) in [5.74, 6) is 1.96. The van der Waals surface area contributed by atoms with E-state index < -0.39 is 18.6 Å². The molecule has 2 aromatic carbocycles. The van der Waals surface area contributed by atoms with Gasteiger partial charge in [-0.2, -0.15) is 8.78 Å². The number of amides is 2. The minimum Gasteiger partial charge on any atom is -0.481 e. The van der Waals surface area contributed by atoms with E-state index >= 15 is 0 Å². The van der Waals surface area contributed by atoms with Gasteiger partial charge in [-0.15, -0.1) is 6.42 Å². The number of anilines is 1. The lowest BCUT2D eigenvalue weighted by molar-refractivity contribution is -0.122. The highest BCUT2D eigenvalue weighted by molar-refractivity contribution is 6.03.